The second-order valence-corrected chi connectivity index (χ2v) is 24.5. The van der Waals surface area contributed by atoms with Gasteiger partial charge >= 0.3 is 0 Å². The molecule has 0 spiro atoms. The Morgan fingerprint density at radius 2 is 0.735 bits per heavy atom. The average Bonchev–Trinajstić information content (AvgIpc) is 3.53. The fourth-order valence-corrected chi connectivity index (χ4v) is 12.4. The van der Waals surface area contributed by atoms with E-state index in [1.807, 2.05) is 7.85 Å². The molecule has 0 atom stereocenters. The zero-order valence-corrected chi connectivity index (χ0v) is 58.1. The van der Waals surface area contributed by atoms with Crippen molar-refractivity contribution in [3.63, 3.8) is 0 Å². The van der Waals surface area contributed by atoms with Gasteiger partial charge < -0.3 is 4.90 Å². The van der Waals surface area contributed by atoms with Crippen LogP contribution in [0.5, 0.6) is 0 Å². The van der Waals surface area contributed by atoms with E-state index in [0.29, 0.717) is 13.1 Å². The predicted molar refractivity (Wildman–Crippen MR) is 467 cm³/mol. The quantitative estimate of drug-likeness (QED) is 0.0740. The monoisotopic (exact) mass is 1040 g/mol. The lowest BCUT2D eigenvalue weighted by atomic mass is 9.57. The molecule has 0 unspecified atom stereocenters. The van der Waals surface area contributed by atoms with Crippen molar-refractivity contribution in [3.05, 3.63) is 122 Å². The molecule has 0 aromatic heterocycles. The normalized spacial score (nSPS) is 14.5. The Kier molecular flexibility index (Phi) is 25.8. The van der Waals surface area contributed by atoms with Crippen LogP contribution in [0.1, 0.15) is 23.6 Å². The third-order valence-corrected chi connectivity index (χ3v) is 20.5. The molecule has 0 aliphatic heterocycles. The molecule has 0 fully saturated rings. The van der Waals surface area contributed by atoms with E-state index in [4.69, 9.17) is 32.3 Å². The second kappa shape index (κ2) is 29.7. The van der Waals surface area contributed by atoms with E-state index >= 15 is 0 Å². The van der Waals surface area contributed by atoms with Crippen LogP contribution in [0, 0.1) is 49.4 Å². The van der Waals surface area contributed by atoms with E-state index < -0.39 is 0 Å². The highest BCUT2D eigenvalue weighted by molar-refractivity contribution is 6.71. The van der Waals surface area contributed by atoms with Crippen LogP contribution in [-0.4, -0.2) is 253 Å². The summed E-state index contributed by atoms with van der Waals surface area (Å²) in [5, 5.41) is 0. The van der Waals surface area contributed by atoms with E-state index in [1.54, 1.807) is 0 Å². The Morgan fingerprint density at radius 3 is 1.10 bits per heavy atom. The number of nitrogens with zero attached hydrogens (tertiary/aromatic N) is 1. The van der Waals surface area contributed by atoms with Crippen molar-refractivity contribution < 1.29 is 0 Å². The standard InChI is InChI=1S/C52H75B30N/c1-7-18(55)26(28-41(71)48(78)52(82)49(79)42(28)72)32(62)21(58)13-83(22(10-4)34(64)30(60)16(11-53)25-37(67)44(74)50(80)45(75)38(25)68)12-17(24(31(61)19(56)8-2)27-39(69)46(76)51(81)47(77)40(27)70)14(5)23(35(65)29(59)15(6)54)36(66)43(73)33(63)20(57)9-3/h1-4H,5,11-13,53-82H2,6H3/b24-17+,26-18+,29-15-,30-16-,31-19-,32-21-,33-20-,34-22-,35-23-,43-36+. The summed E-state index contributed by atoms with van der Waals surface area (Å²) in [5.74, 6) is 12.6. The zero-order chi connectivity index (χ0) is 64.0. The molecule has 0 saturated heterocycles. The van der Waals surface area contributed by atoms with Gasteiger partial charge in [-0.1, -0.05) is 126 Å². The molecular formula is C52H75B30N. The minimum Gasteiger partial charge on any atom is -0.358 e. The van der Waals surface area contributed by atoms with Crippen LogP contribution in [0.2, 0.25) is 6.32 Å². The van der Waals surface area contributed by atoms with Crippen molar-refractivity contribution in [2.45, 2.75) is 13.2 Å². The largest absolute Gasteiger partial charge is 0.358 e. The number of hydrogen-bond donors (Lipinski definition) is 0. The molecule has 378 valence electrons. The van der Waals surface area contributed by atoms with Gasteiger partial charge in [-0.2, -0.15) is 0 Å². The third kappa shape index (κ3) is 14.4. The Bertz CT molecular complexity index is 3730. The third-order valence-electron chi connectivity index (χ3n) is 20.5. The molecule has 0 bridgehead atoms. The maximum absolute atomic E-state index is 7.15. The topological polar surface area (TPSA) is 3.24 Å². The molecule has 0 heterocycles. The first-order chi connectivity index (χ1) is 38.4. The van der Waals surface area contributed by atoms with Crippen molar-refractivity contribution in [1.82, 2.24) is 4.90 Å². The molecule has 0 amide bonds. The second-order valence-electron chi connectivity index (χ2n) is 24.5. The minimum atomic E-state index is 0.383. The predicted octanol–water partition coefficient (Wildman–Crippen LogP) is -30.0. The first-order valence-corrected chi connectivity index (χ1v) is 29.9. The fraction of sp³-hybridized carbons (Fsp3) is 0.0769. The molecule has 0 saturated carbocycles. The SMILES string of the molecule is BC/C(=C(B)\C(B)=C(/C#C)N(C/C(B)=C(B)\C(=C(\B)C#C)c1c(B)c(B)c(B)c(B)c1B)C/C(C(=C)C(=C(B)\C(B)=C(\B)C)/C(B)=C(B)/C(B)=C(/B)C#C)=C(\C(B)=C(\B)C#C)c1c(B)c(B)c(B)c(B)c1B)c1c(B)c(B)c(B)c(B)c1B. The number of allylic oxidation sites excluding steroid dienone is 18. The van der Waals surface area contributed by atoms with Gasteiger partial charge in [0.25, 0.3) is 0 Å². The summed E-state index contributed by atoms with van der Waals surface area (Å²) in [4.78, 5) is 2.46. The van der Waals surface area contributed by atoms with Crippen LogP contribution < -0.4 is 81.9 Å². The van der Waals surface area contributed by atoms with Gasteiger partial charge in [-0.05, 0) is 61.0 Å². The van der Waals surface area contributed by atoms with E-state index in [2.05, 4.69) is 263 Å². The summed E-state index contributed by atoms with van der Waals surface area (Å²) in [6.07, 6.45) is 27.2. The van der Waals surface area contributed by atoms with Crippen LogP contribution in [0.3, 0.4) is 0 Å². The van der Waals surface area contributed by atoms with Crippen LogP contribution in [0.25, 0.3) is 16.7 Å². The van der Waals surface area contributed by atoms with Gasteiger partial charge in [0.1, 0.15) is 228 Å². The van der Waals surface area contributed by atoms with E-state index in [-0.39, 0.29) is 0 Å². The lowest BCUT2D eigenvalue weighted by molar-refractivity contribution is 0.426. The maximum Gasteiger partial charge on any atom is 0.151 e. The summed E-state index contributed by atoms with van der Waals surface area (Å²) in [7, 11) is 66.7. The molecule has 3 rings (SSSR count). The van der Waals surface area contributed by atoms with Crippen molar-refractivity contribution in [2.24, 2.45) is 0 Å². The zero-order valence-electron chi connectivity index (χ0n) is 58.1. The Balaban J connectivity index is 3.10. The molecule has 0 aliphatic carbocycles. The summed E-state index contributed by atoms with van der Waals surface area (Å²) in [5.41, 5.74) is 45.2. The van der Waals surface area contributed by atoms with Crippen LogP contribution >= 0.6 is 0 Å². The van der Waals surface area contributed by atoms with Gasteiger partial charge in [0, 0.05) is 13.1 Å². The fourth-order valence-electron chi connectivity index (χ4n) is 12.4. The molecule has 31 heteroatoms. The minimum absolute atomic E-state index is 0.383. The van der Waals surface area contributed by atoms with Crippen molar-refractivity contribution in [1.29, 1.82) is 0 Å². The molecule has 3 aromatic carbocycles. The molecule has 1 nitrogen and oxygen atoms in total. The first kappa shape index (κ1) is 72.0. The molecule has 0 radical (unpaired) electrons. The van der Waals surface area contributed by atoms with E-state index in [1.165, 1.54) is 121 Å². The van der Waals surface area contributed by atoms with E-state index in [0.717, 1.165) is 100 Å². The highest BCUT2D eigenvalue weighted by atomic mass is 15.1. The summed E-state index contributed by atoms with van der Waals surface area (Å²) < 4.78 is 0. The molecule has 83 heavy (non-hydrogen) atoms. The molecular weight excluding hydrogens is 963 g/mol. The first-order valence-electron chi connectivity index (χ1n) is 29.9. The van der Waals surface area contributed by atoms with Crippen LogP contribution in [0.15, 0.2) is 106 Å². The highest BCUT2D eigenvalue weighted by Crippen LogP contribution is 2.38. The van der Waals surface area contributed by atoms with Crippen molar-refractivity contribution in [3.8, 4) is 49.4 Å². The number of terminal acetylenes is 4. The van der Waals surface area contributed by atoms with Crippen LogP contribution in [0.4, 0.5) is 0 Å². The van der Waals surface area contributed by atoms with Crippen molar-refractivity contribution in [2.75, 3.05) is 13.1 Å². The van der Waals surface area contributed by atoms with Gasteiger partial charge in [0.2, 0.25) is 0 Å². The summed E-state index contributed by atoms with van der Waals surface area (Å²) in [6, 6.07) is 0. The van der Waals surface area contributed by atoms with Gasteiger partial charge in [0.15, 0.2) is 7.85 Å². The molecule has 0 N–H and O–H groups in total. The lowest BCUT2D eigenvalue weighted by Crippen LogP contribution is -2.56. The van der Waals surface area contributed by atoms with Gasteiger partial charge in [-0.25, -0.2) is 0 Å². The van der Waals surface area contributed by atoms with E-state index in [9.17, 15) is 0 Å². The average molecular weight is 1040 g/mol. The van der Waals surface area contributed by atoms with Gasteiger partial charge in [-0.3, -0.25) is 0 Å². The van der Waals surface area contributed by atoms with Crippen molar-refractivity contribution >= 4 is 334 Å². The van der Waals surface area contributed by atoms with Gasteiger partial charge in [0.05, 0.1) is 5.70 Å². The van der Waals surface area contributed by atoms with Gasteiger partial charge in [-0.15, -0.1) is 91.3 Å². The highest BCUT2D eigenvalue weighted by Gasteiger charge is 2.29. The van der Waals surface area contributed by atoms with Crippen LogP contribution in [-0.2, 0) is 0 Å². The summed E-state index contributed by atoms with van der Waals surface area (Å²) >= 11 is 0. The number of rotatable bonds is 17. The molecule has 0 aliphatic rings. The lowest BCUT2D eigenvalue weighted by Gasteiger charge is -2.35. The maximum atomic E-state index is 7.15. The summed E-state index contributed by atoms with van der Waals surface area (Å²) in [6.45, 7) is 8.39. The molecule has 3 aromatic rings. The Hall–Kier alpha value is -5.21. The smallest absolute Gasteiger partial charge is 0.151 e. The number of benzene rings is 3. The number of hydrogen-bond acceptors (Lipinski definition) is 1. The Morgan fingerprint density at radius 1 is 0.373 bits per heavy atom. The Labute approximate surface area is 533 Å².